The topological polar surface area (TPSA) is 9.23 Å². The molecule has 7 aromatic rings. The molecule has 0 bridgehead atoms. The van der Waals surface area contributed by atoms with Crippen LogP contribution in [0.3, 0.4) is 0 Å². The van der Waals surface area contributed by atoms with E-state index < -0.39 is 0 Å². The Balaban J connectivity index is 1.56. The molecule has 0 saturated heterocycles. The average Bonchev–Trinajstić information content (AvgIpc) is 2.95. The molecule has 0 N–H and O–H groups in total. The zero-order valence-electron chi connectivity index (χ0n) is 20.0. The third-order valence-electron chi connectivity index (χ3n) is 7.34. The van der Waals surface area contributed by atoms with Crippen LogP contribution in [0.4, 0.5) is 0 Å². The molecule has 0 spiro atoms. The minimum Gasteiger partial charge on any atom is -0.497 e. The molecule has 0 fully saturated rings. The van der Waals surface area contributed by atoms with E-state index in [-0.39, 0.29) is 0 Å². The molecule has 0 heterocycles. The summed E-state index contributed by atoms with van der Waals surface area (Å²) in [6, 6.07) is 46.0. The van der Waals surface area contributed by atoms with E-state index in [0.29, 0.717) is 0 Å². The molecule has 0 aromatic heterocycles. The van der Waals surface area contributed by atoms with Crippen molar-refractivity contribution in [1.82, 2.24) is 0 Å². The second-order valence-corrected chi connectivity index (χ2v) is 9.29. The molecule has 0 radical (unpaired) electrons. The maximum Gasteiger partial charge on any atom is 0.118 e. The Hall–Kier alpha value is -4.62. The minimum atomic E-state index is 0.868. The molecule has 0 aliphatic rings. The maximum absolute atomic E-state index is 5.42. The van der Waals surface area contributed by atoms with Gasteiger partial charge < -0.3 is 4.74 Å². The number of rotatable bonds is 3. The number of ether oxygens (including phenoxy) is 1. The molecular formula is C35H24O. The highest BCUT2D eigenvalue weighted by atomic mass is 16.5. The van der Waals surface area contributed by atoms with Crippen LogP contribution in [0.5, 0.6) is 5.75 Å². The molecule has 0 amide bonds. The predicted octanol–water partition coefficient (Wildman–Crippen LogP) is 9.64. The van der Waals surface area contributed by atoms with Crippen LogP contribution in [0.15, 0.2) is 127 Å². The largest absolute Gasteiger partial charge is 0.497 e. The second-order valence-electron chi connectivity index (χ2n) is 9.29. The van der Waals surface area contributed by atoms with Gasteiger partial charge in [-0.2, -0.15) is 0 Å². The van der Waals surface area contributed by atoms with Gasteiger partial charge in [0.1, 0.15) is 5.75 Å². The van der Waals surface area contributed by atoms with Crippen molar-refractivity contribution in [3.63, 3.8) is 0 Å². The fraction of sp³-hybridized carbons (Fsp3) is 0.0286. The van der Waals surface area contributed by atoms with Gasteiger partial charge in [-0.3, -0.25) is 0 Å². The normalized spacial score (nSPS) is 11.5. The van der Waals surface area contributed by atoms with Crippen molar-refractivity contribution in [1.29, 1.82) is 0 Å². The van der Waals surface area contributed by atoms with Gasteiger partial charge in [0.05, 0.1) is 7.11 Å². The van der Waals surface area contributed by atoms with Gasteiger partial charge in [-0.15, -0.1) is 0 Å². The van der Waals surface area contributed by atoms with Gasteiger partial charge in [-0.25, -0.2) is 0 Å². The summed E-state index contributed by atoms with van der Waals surface area (Å²) in [5, 5.41) is 10.2. The Kier molecular flexibility index (Phi) is 4.75. The molecule has 0 saturated carbocycles. The van der Waals surface area contributed by atoms with E-state index in [0.717, 1.165) is 5.75 Å². The van der Waals surface area contributed by atoms with Crippen molar-refractivity contribution in [2.45, 2.75) is 0 Å². The van der Waals surface area contributed by atoms with E-state index in [1.54, 1.807) is 7.11 Å². The smallest absolute Gasteiger partial charge is 0.118 e. The Labute approximate surface area is 210 Å². The Morgan fingerprint density at radius 2 is 0.861 bits per heavy atom. The number of methoxy groups -OCH3 is 1. The molecule has 7 aromatic carbocycles. The van der Waals surface area contributed by atoms with Gasteiger partial charge in [0.15, 0.2) is 0 Å². The highest BCUT2D eigenvalue weighted by molar-refractivity contribution is 6.22. The van der Waals surface area contributed by atoms with Crippen molar-refractivity contribution in [3.8, 4) is 28.0 Å². The van der Waals surface area contributed by atoms with Crippen LogP contribution in [-0.4, -0.2) is 7.11 Å². The number of hydrogen-bond donors (Lipinski definition) is 0. The second kappa shape index (κ2) is 8.25. The Bertz CT molecular complexity index is 1860. The Morgan fingerprint density at radius 3 is 1.47 bits per heavy atom. The molecule has 0 aliphatic carbocycles. The summed E-state index contributed by atoms with van der Waals surface area (Å²) in [6.45, 7) is 0. The lowest BCUT2D eigenvalue weighted by Gasteiger charge is -2.18. The summed E-state index contributed by atoms with van der Waals surface area (Å²) >= 11 is 0. The predicted molar refractivity (Wildman–Crippen MR) is 154 cm³/mol. The first kappa shape index (κ1) is 20.7. The molecule has 0 atom stereocenters. The lowest BCUT2D eigenvalue weighted by Crippen LogP contribution is -1.91. The molecule has 1 heteroatoms. The van der Waals surface area contributed by atoms with Crippen LogP contribution in [0, 0.1) is 0 Å². The van der Waals surface area contributed by atoms with E-state index >= 15 is 0 Å². The third kappa shape index (κ3) is 3.17. The van der Waals surface area contributed by atoms with Gasteiger partial charge in [-0.05, 0) is 83.5 Å². The third-order valence-corrected chi connectivity index (χ3v) is 7.34. The first-order valence-corrected chi connectivity index (χ1v) is 12.3. The van der Waals surface area contributed by atoms with Gasteiger partial charge in [0.25, 0.3) is 0 Å². The summed E-state index contributed by atoms with van der Waals surface area (Å²) < 4.78 is 5.42. The lowest BCUT2D eigenvalue weighted by atomic mass is 9.85. The number of benzene rings is 7. The van der Waals surface area contributed by atoms with Gasteiger partial charge in [0.2, 0.25) is 0 Å². The van der Waals surface area contributed by atoms with E-state index in [2.05, 4.69) is 115 Å². The SMILES string of the molecule is COc1ccc(-c2c3ccccc3c(-c3ccc4c(ccc5ccccc54)c3)c3ccccc23)cc1. The zero-order chi connectivity index (χ0) is 24.1. The van der Waals surface area contributed by atoms with Crippen molar-refractivity contribution < 1.29 is 4.74 Å². The van der Waals surface area contributed by atoms with Gasteiger partial charge in [-0.1, -0.05) is 109 Å². The molecule has 7 rings (SSSR count). The van der Waals surface area contributed by atoms with Crippen LogP contribution in [-0.2, 0) is 0 Å². The molecule has 36 heavy (non-hydrogen) atoms. The Morgan fingerprint density at radius 1 is 0.389 bits per heavy atom. The summed E-state index contributed by atoms with van der Waals surface area (Å²) in [4.78, 5) is 0. The summed E-state index contributed by atoms with van der Waals surface area (Å²) in [6.07, 6.45) is 0. The standard InChI is InChI=1S/C35H24O/c1-36-27-19-16-24(17-20-27)34-30-10-4-6-12-32(30)35(33-13-7-5-11-31(33)34)26-18-21-29-25(22-26)15-14-23-8-2-3-9-28(23)29/h2-22H,1H3. The van der Waals surface area contributed by atoms with Crippen LogP contribution in [0.2, 0.25) is 0 Å². The van der Waals surface area contributed by atoms with Crippen molar-refractivity contribution >= 4 is 43.1 Å². The van der Waals surface area contributed by atoms with Crippen molar-refractivity contribution in [2.75, 3.05) is 7.11 Å². The lowest BCUT2D eigenvalue weighted by molar-refractivity contribution is 0.415. The van der Waals surface area contributed by atoms with Gasteiger partial charge in [0, 0.05) is 0 Å². The molecule has 0 unspecified atom stereocenters. The zero-order valence-corrected chi connectivity index (χ0v) is 20.0. The first-order valence-electron chi connectivity index (χ1n) is 12.3. The van der Waals surface area contributed by atoms with Crippen LogP contribution >= 0.6 is 0 Å². The fourth-order valence-electron chi connectivity index (χ4n) is 5.68. The maximum atomic E-state index is 5.42. The summed E-state index contributed by atoms with van der Waals surface area (Å²) in [7, 11) is 1.71. The number of hydrogen-bond acceptors (Lipinski definition) is 1. The molecular weight excluding hydrogens is 436 g/mol. The molecule has 0 aliphatic heterocycles. The summed E-state index contributed by atoms with van der Waals surface area (Å²) in [5.41, 5.74) is 4.99. The van der Waals surface area contributed by atoms with Crippen molar-refractivity contribution in [3.05, 3.63) is 127 Å². The van der Waals surface area contributed by atoms with Crippen LogP contribution < -0.4 is 4.74 Å². The highest BCUT2D eigenvalue weighted by Crippen LogP contribution is 2.44. The monoisotopic (exact) mass is 460 g/mol. The fourth-order valence-corrected chi connectivity index (χ4v) is 5.68. The highest BCUT2D eigenvalue weighted by Gasteiger charge is 2.16. The average molecular weight is 461 g/mol. The minimum absolute atomic E-state index is 0.868. The first-order chi connectivity index (χ1) is 17.8. The number of fused-ring (bicyclic) bond motifs is 5. The van der Waals surface area contributed by atoms with E-state index in [1.165, 1.54) is 65.3 Å². The van der Waals surface area contributed by atoms with Crippen molar-refractivity contribution in [2.24, 2.45) is 0 Å². The van der Waals surface area contributed by atoms with Crippen LogP contribution in [0.1, 0.15) is 0 Å². The molecule has 170 valence electrons. The van der Waals surface area contributed by atoms with E-state index in [1.807, 2.05) is 12.1 Å². The summed E-state index contributed by atoms with van der Waals surface area (Å²) in [5.74, 6) is 0.868. The van der Waals surface area contributed by atoms with Crippen LogP contribution in [0.25, 0.3) is 65.3 Å². The van der Waals surface area contributed by atoms with Gasteiger partial charge >= 0.3 is 0 Å². The molecule has 1 nitrogen and oxygen atoms in total. The van der Waals surface area contributed by atoms with E-state index in [9.17, 15) is 0 Å². The van der Waals surface area contributed by atoms with E-state index in [4.69, 9.17) is 4.74 Å². The quantitative estimate of drug-likeness (QED) is 0.188.